The lowest BCUT2D eigenvalue weighted by Crippen LogP contribution is -2.16. The van der Waals surface area contributed by atoms with Crippen LogP contribution in [0.25, 0.3) is 0 Å². The van der Waals surface area contributed by atoms with E-state index in [1.54, 1.807) is 0 Å². The van der Waals surface area contributed by atoms with E-state index in [2.05, 4.69) is 6.92 Å². The van der Waals surface area contributed by atoms with Crippen LogP contribution in [0.5, 0.6) is 0 Å². The first-order chi connectivity index (χ1) is 8.79. The Morgan fingerprint density at radius 1 is 0.778 bits per heavy atom. The third-order valence-corrected chi connectivity index (χ3v) is 4.73. The molecule has 0 aromatic rings. The van der Waals surface area contributed by atoms with E-state index in [9.17, 15) is 4.79 Å². The number of hydrogen-bond donors (Lipinski definition) is 0. The van der Waals surface area contributed by atoms with Crippen LogP contribution in [0.15, 0.2) is 11.1 Å². The van der Waals surface area contributed by atoms with Gasteiger partial charge in [0.1, 0.15) is 0 Å². The van der Waals surface area contributed by atoms with Gasteiger partial charge in [0, 0.05) is 6.42 Å². The highest BCUT2D eigenvalue weighted by atomic mass is 16.1. The van der Waals surface area contributed by atoms with Crippen LogP contribution in [0.3, 0.4) is 0 Å². The van der Waals surface area contributed by atoms with Gasteiger partial charge < -0.3 is 0 Å². The smallest absolute Gasteiger partial charge is 0.158 e. The lowest BCUT2D eigenvalue weighted by atomic mass is 9.80. The molecule has 0 amide bonds. The summed E-state index contributed by atoms with van der Waals surface area (Å²) in [7, 11) is 0. The van der Waals surface area contributed by atoms with Crippen molar-refractivity contribution in [1.29, 1.82) is 0 Å². The zero-order chi connectivity index (χ0) is 12.8. The molecule has 0 bridgehead atoms. The molecule has 0 radical (unpaired) electrons. The van der Waals surface area contributed by atoms with E-state index >= 15 is 0 Å². The van der Waals surface area contributed by atoms with Crippen LogP contribution < -0.4 is 0 Å². The first-order valence-electron chi connectivity index (χ1n) is 8.04. The third-order valence-electron chi connectivity index (χ3n) is 4.73. The Kier molecular flexibility index (Phi) is 5.46. The molecule has 0 fully saturated rings. The number of allylic oxidation sites excluding steroid dienone is 2. The Hall–Kier alpha value is -0.590. The fourth-order valence-electron chi connectivity index (χ4n) is 3.57. The largest absolute Gasteiger partial charge is 0.295 e. The van der Waals surface area contributed by atoms with Gasteiger partial charge in [0.25, 0.3) is 0 Å². The van der Waals surface area contributed by atoms with Gasteiger partial charge in [-0.05, 0) is 43.6 Å². The van der Waals surface area contributed by atoms with Crippen LogP contribution in [0.4, 0.5) is 0 Å². The molecule has 1 atom stereocenters. The highest BCUT2D eigenvalue weighted by Gasteiger charge is 2.23. The zero-order valence-corrected chi connectivity index (χ0v) is 12.0. The minimum atomic E-state index is 0.472. The van der Waals surface area contributed by atoms with Gasteiger partial charge in [-0.1, -0.05) is 51.0 Å². The van der Waals surface area contributed by atoms with E-state index in [0.29, 0.717) is 11.7 Å². The number of hydrogen-bond acceptors (Lipinski definition) is 1. The van der Waals surface area contributed by atoms with Crippen LogP contribution in [0.1, 0.15) is 84.0 Å². The Morgan fingerprint density at radius 3 is 2.22 bits per heavy atom. The average molecular weight is 248 g/mol. The van der Waals surface area contributed by atoms with Crippen molar-refractivity contribution in [1.82, 2.24) is 0 Å². The van der Waals surface area contributed by atoms with Gasteiger partial charge in [-0.25, -0.2) is 0 Å². The molecule has 0 aromatic carbocycles. The summed E-state index contributed by atoms with van der Waals surface area (Å²) in [6.45, 7) is 2.35. The zero-order valence-electron chi connectivity index (χ0n) is 12.0. The predicted molar refractivity (Wildman–Crippen MR) is 76.6 cm³/mol. The number of ketones is 1. The maximum atomic E-state index is 12.1. The standard InChI is InChI=1S/C17H28O/c1-14-10-7-5-3-2-4-6-8-11-16-15(14)12-9-13-17(16)18/h14H,2-13H2,1H3/t14-/m1/s1. The SMILES string of the molecule is C[C@@H]1CCCCCCCCCC2=C1CCCC2=O. The van der Waals surface area contributed by atoms with Crippen molar-refractivity contribution in [2.45, 2.75) is 84.0 Å². The average Bonchev–Trinajstić information content (AvgIpc) is 2.36. The van der Waals surface area contributed by atoms with E-state index < -0.39 is 0 Å². The molecular weight excluding hydrogens is 220 g/mol. The highest BCUT2D eigenvalue weighted by molar-refractivity contribution is 5.96. The normalized spacial score (nSPS) is 28.3. The van der Waals surface area contributed by atoms with Crippen LogP contribution >= 0.6 is 0 Å². The molecule has 0 spiro atoms. The van der Waals surface area contributed by atoms with E-state index in [0.717, 1.165) is 19.3 Å². The minimum Gasteiger partial charge on any atom is -0.295 e. The van der Waals surface area contributed by atoms with Crippen molar-refractivity contribution in [3.8, 4) is 0 Å². The summed E-state index contributed by atoms with van der Waals surface area (Å²) in [4.78, 5) is 12.1. The van der Waals surface area contributed by atoms with Crippen molar-refractivity contribution in [2.24, 2.45) is 5.92 Å². The molecule has 1 nitrogen and oxygen atoms in total. The Morgan fingerprint density at radius 2 is 1.44 bits per heavy atom. The molecule has 0 unspecified atom stereocenters. The molecule has 2 aliphatic carbocycles. The van der Waals surface area contributed by atoms with Crippen LogP contribution in [-0.4, -0.2) is 5.78 Å². The van der Waals surface area contributed by atoms with Crippen molar-refractivity contribution in [2.75, 3.05) is 0 Å². The van der Waals surface area contributed by atoms with E-state index in [1.165, 1.54) is 68.9 Å². The van der Waals surface area contributed by atoms with Crippen LogP contribution in [0, 0.1) is 5.92 Å². The summed E-state index contributed by atoms with van der Waals surface area (Å²) in [6.07, 6.45) is 14.9. The lowest BCUT2D eigenvalue weighted by Gasteiger charge is -2.25. The molecule has 0 N–H and O–H groups in total. The fourth-order valence-corrected chi connectivity index (χ4v) is 3.57. The van der Waals surface area contributed by atoms with Crippen molar-refractivity contribution >= 4 is 5.78 Å². The van der Waals surface area contributed by atoms with Crippen LogP contribution in [-0.2, 0) is 4.79 Å². The Balaban J connectivity index is 2.10. The molecule has 2 rings (SSSR count). The summed E-state index contributed by atoms with van der Waals surface area (Å²) in [5.74, 6) is 1.13. The number of Topliss-reactive ketones (excluding diaryl/α,β-unsaturated/α-hetero) is 1. The molecule has 102 valence electrons. The Bertz CT molecular complexity index is 314. The first kappa shape index (κ1) is 13.8. The lowest BCUT2D eigenvalue weighted by molar-refractivity contribution is -0.116. The van der Waals surface area contributed by atoms with Crippen molar-refractivity contribution in [3.05, 3.63) is 11.1 Å². The number of rotatable bonds is 0. The van der Waals surface area contributed by atoms with E-state index in [1.807, 2.05) is 0 Å². The molecule has 2 aliphatic rings. The van der Waals surface area contributed by atoms with Crippen molar-refractivity contribution < 1.29 is 4.79 Å². The van der Waals surface area contributed by atoms with Gasteiger partial charge in [-0.2, -0.15) is 0 Å². The maximum Gasteiger partial charge on any atom is 0.158 e. The minimum absolute atomic E-state index is 0.472. The summed E-state index contributed by atoms with van der Waals surface area (Å²) in [6, 6.07) is 0. The van der Waals surface area contributed by atoms with Gasteiger partial charge in [0.2, 0.25) is 0 Å². The molecule has 0 aromatic heterocycles. The molecule has 0 aliphatic heterocycles. The molecule has 18 heavy (non-hydrogen) atoms. The number of carbonyl (C=O) groups excluding carboxylic acids is 1. The molecule has 0 saturated heterocycles. The second kappa shape index (κ2) is 7.11. The second-order valence-electron chi connectivity index (χ2n) is 6.20. The number of carbonyl (C=O) groups is 1. The molecular formula is C17H28O. The quantitative estimate of drug-likeness (QED) is 0.576. The third kappa shape index (κ3) is 3.70. The van der Waals surface area contributed by atoms with E-state index in [4.69, 9.17) is 0 Å². The molecule has 0 heterocycles. The van der Waals surface area contributed by atoms with Gasteiger partial charge in [-0.3, -0.25) is 4.79 Å². The first-order valence-corrected chi connectivity index (χ1v) is 8.04. The summed E-state index contributed by atoms with van der Waals surface area (Å²) in [5.41, 5.74) is 2.78. The van der Waals surface area contributed by atoms with Gasteiger partial charge >= 0.3 is 0 Å². The molecule has 0 saturated carbocycles. The topological polar surface area (TPSA) is 17.1 Å². The van der Waals surface area contributed by atoms with Gasteiger partial charge in [0.05, 0.1) is 0 Å². The van der Waals surface area contributed by atoms with Crippen LogP contribution in [0.2, 0.25) is 0 Å². The summed E-state index contributed by atoms with van der Waals surface area (Å²) >= 11 is 0. The fraction of sp³-hybridized carbons (Fsp3) is 0.824. The van der Waals surface area contributed by atoms with Gasteiger partial charge in [-0.15, -0.1) is 0 Å². The monoisotopic (exact) mass is 248 g/mol. The summed E-state index contributed by atoms with van der Waals surface area (Å²) < 4.78 is 0. The summed E-state index contributed by atoms with van der Waals surface area (Å²) in [5, 5.41) is 0. The van der Waals surface area contributed by atoms with Gasteiger partial charge in [0.15, 0.2) is 5.78 Å². The highest BCUT2D eigenvalue weighted by Crippen LogP contribution is 2.33. The molecule has 1 heteroatoms. The Labute approximate surface area is 112 Å². The van der Waals surface area contributed by atoms with Crippen molar-refractivity contribution in [3.63, 3.8) is 0 Å². The maximum absolute atomic E-state index is 12.1. The second-order valence-corrected chi connectivity index (χ2v) is 6.20. The van der Waals surface area contributed by atoms with E-state index in [-0.39, 0.29) is 0 Å². The predicted octanol–water partition coefficient (Wildman–Crippen LogP) is 5.20.